The molecular weight excluding hydrogens is 242 g/mol. The second-order valence-corrected chi connectivity index (χ2v) is 4.29. The maximum absolute atomic E-state index is 12.2. The van der Waals surface area contributed by atoms with Gasteiger partial charge in [0.15, 0.2) is 5.78 Å². The van der Waals surface area contributed by atoms with Gasteiger partial charge in [-0.3, -0.25) is 9.78 Å². The van der Waals surface area contributed by atoms with Gasteiger partial charge in [-0.25, -0.2) is 9.78 Å². The Bertz CT molecular complexity index is 644. The minimum Gasteiger partial charge on any atom is -0.384 e. The molecule has 0 amide bonds. The first-order valence-corrected chi connectivity index (χ1v) is 6.10. The lowest BCUT2D eigenvalue weighted by Gasteiger charge is -2.04. The first-order valence-electron chi connectivity index (χ1n) is 6.10. The summed E-state index contributed by atoms with van der Waals surface area (Å²) in [5.41, 5.74) is 6.98. The first kappa shape index (κ1) is 13.0. The van der Waals surface area contributed by atoms with Crippen molar-refractivity contribution in [1.29, 1.82) is 0 Å². The summed E-state index contributed by atoms with van der Waals surface area (Å²) < 4.78 is 0. The molecular formula is C14H15N3O2. The van der Waals surface area contributed by atoms with E-state index in [1.807, 2.05) is 12.1 Å². The molecule has 0 aliphatic heterocycles. The van der Waals surface area contributed by atoms with Crippen LogP contribution in [-0.4, -0.2) is 15.8 Å². The molecule has 0 radical (unpaired) electrons. The number of hydrogen-bond donors (Lipinski definition) is 2. The van der Waals surface area contributed by atoms with Crippen LogP contribution >= 0.6 is 0 Å². The zero-order chi connectivity index (χ0) is 13.8. The Kier molecular flexibility index (Phi) is 3.75. The molecule has 1 aromatic heterocycles. The van der Waals surface area contributed by atoms with Crippen LogP contribution in [0.4, 0.5) is 5.82 Å². The Labute approximate surface area is 110 Å². The topological polar surface area (TPSA) is 88.8 Å². The number of carbonyl (C=O) groups excluding carboxylic acids is 1. The lowest BCUT2D eigenvalue weighted by Crippen LogP contribution is -2.17. The molecule has 0 saturated heterocycles. The maximum Gasteiger partial charge on any atom is 0.346 e. The van der Waals surface area contributed by atoms with E-state index in [1.165, 1.54) is 11.8 Å². The SMILES string of the molecule is CCCc1ccc(C(=O)c2cnc(=O)[nH]c2N)cc1. The predicted molar refractivity (Wildman–Crippen MR) is 73.1 cm³/mol. The monoisotopic (exact) mass is 257 g/mol. The molecule has 0 unspecified atom stereocenters. The number of carbonyl (C=O) groups is 1. The van der Waals surface area contributed by atoms with E-state index in [4.69, 9.17) is 5.73 Å². The van der Waals surface area contributed by atoms with Gasteiger partial charge in [-0.1, -0.05) is 37.6 Å². The number of aromatic amines is 1. The van der Waals surface area contributed by atoms with Gasteiger partial charge in [0.1, 0.15) is 5.82 Å². The molecule has 0 saturated carbocycles. The van der Waals surface area contributed by atoms with E-state index in [2.05, 4.69) is 16.9 Å². The summed E-state index contributed by atoms with van der Waals surface area (Å²) >= 11 is 0. The number of nitrogen functional groups attached to an aromatic ring is 1. The van der Waals surface area contributed by atoms with E-state index < -0.39 is 5.69 Å². The van der Waals surface area contributed by atoms with E-state index >= 15 is 0 Å². The zero-order valence-electron chi connectivity index (χ0n) is 10.6. The Morgan fingerprint density at radius 3 is 2.58 bits per heavy atom. The van der Waals surface area contributed by atoms with Crippen LogP contribution in [0.5, 0.6) is 0 Å². The second kappa shape index (κ2) is 5.48. The van der Waals surface area contributed by atoms with E-state index in [0.29, 0.717) is 5.56 Å². The van der Waals surface area contributed by atoms with Crippen molar-refractivity contribution in [3.63, 3.8) is 0 Å². The highest BCUT2D eigenvalue weighted by Gasteiger charge is 2.13. The molecule has 19 heavy (non-hydrogen) atoms. The van der Waals surface area contributed by atoms with Gasteiger partial charge in [-0.05, 0) is 12.0 Å². The van der Waals surface area contributed by atoms with Gasteiger partial charge in [-0.2, -0.15) is 0 Å². The van der Waals surface area contributed by atoms with Crippen LogP contribution in [0.15, 0.2) is 35.3 Å². The van der Waals surface area contributed by atoms with Crippen molar-refractivity contribution in [3.05, 3.63) is 57.6 Å². The largest absolute Gasteiger partial charge is 0.384 e. The number of rotatable bonds is 4. The van der Waals surface area contributed by atoms with Crippen molar-refractivity contribution in [1.82, 2.24) is 9.97 Å². The Morgan fingerprint density at radius 2 is 2.00 bits per heavy atom. The van der Waals surface area contributed by atoms with Gasteiger partial charge in [-0.15, -0.1) is 0 Å². The molecule has 2 aromatic rings. The van der Waals surface area contributed by atoms with Gasteiger partial charge < -0.3 is 5.73 Å². The van der Waals surface area contributed by atoms with Crippen LogP contribution in [0.1, 0.15) is 34.8 Å². The van der Waals surface area contributed by atoms with Gasteiger partial charge >= 0.3 is 5.69 Å². The average molecular weight is 257 g/mol. The van der Waals surface area contributed by atoms with Crippen LogP contribution in [0.25, 0.3) is 0 Å². The van der Waals surface area contributed by atoms with Crippen molar-refractivity contribution in [2.45, 2.75) is 19.8 Å². The number of nitrogens with zero attached hydrogens (tertiary/aromatic N) is 1. The van der Waals surface area contributed by atoms with Crippen molar-refractivity contribution >= 4 is 11.6 Å². The summed E-state index contributed by atoms with van der Waals surface area (Å²) in [6, 6.07) is 7.37. The van der Waals surface area contributed by atoms with Crippen LogP contribution in [0, 0.1) is 0 Å². The second-order valence-electron chi connectivity index (χ2n) is 4.29. The van der Waals surface area contributed by atoms with Gasteiger partial charge in [0.2, 0.25) is 0 Å². The third-order valence-electron chi connectivity index (χ3n) is 2.84. The molecule has 0 fully saturated rings. The Balaban J connectivity index is 2.30. The van der Waals surface area contributed by atoms with Gasteiger partial charge in [0.05, 0.1) is 5.56 Å². The van der Waals surface area contributed by atoms with Crippen LogP contribution in [0.3, 0.4) is 0 Å². The number of ketones is 1. The number of nitrogens with one attached hydrogen (secondary N) is 1. The molecule has 0 spiro atoms. The molecule has 0 atom stereocenters. The standard InChI is InChI=1S/C14H15N3O2/c1-2-3-9-4-6-10(7-5-9)12(18)11-8-16-14(19)17-13(11)15/h4-8H,2-3H2,1H3,(H3,15,16,17,19). The van der Waals surface area contributed by atoms with Gasteiger partial charge in [0.25, 0.3) is 0 Å². The minimum atomic E-state index is -0.563. The van der Waals surface area contributed by atoms with Crippen molar-refractivity contribution in [2.75, 3.05) is 5.73 Å². The third kappa shape index (κ3) is 2.88. The number of nitrogens with two attached hydrogens (primary N) is 1. The predicted octanol–water partition coefficient (Wildman–Crippen LogP) is 1.54. The van der Waals surface area contributed by atoms with Crippen molar-refractivity contribution in [3.8, 4) is 0 Å². The highest BCUT2D eigenvalue weighted by Crippen LogP contribution is 2.14. The molecule has 0 bridgehead atoms. The zero-order valence-corrected chi connectivity index (χ0v) is 10.6. The van der Waals surface area contributed by atoms with Gasteiger partial charge in [0, 0.05) is 11.8 Å². The number of benzene rings is 1. The normalized spacial score (nSPS) is 10.4. The lowest BCUT2D eigenvalue weighted by atomic mass is 10.0. The molecule has 3 N–H and O–H groups in total. The minimum absolute atomic E-state index is 0.0441. The summed E-state index contributed by atoms with van der Waals surface area (Å²) in [6.07, 6.45) is 3.25. The molecule has 0 aliphatic rings. The molecule has 5 nitrogen and oxygen atoms in total. The fourth-order valence-corrected chi connectivity index (χ4v) is 1.86. The molecule has 0 aliphatic carbocycles. The maximum atomic E-state index is 12.2. The summed E-state index contributed by atoms with van der Waals surface area (Å²) in [5, 5.41) is 0. The fourth-order valence-electron chi connectivity index (χ4n) is 1.86. The number of H-pyrrole nitrogens is 1. The highest BCUT2D eigenvalue weighted by atomic mass is 16.1. The van der Waals surface area contributed by atoms with E-state index in [1.54, 1.807) is 12.1 Å². The third-order valence-corrected chi connectivity index (χ3v) is 2.84. The summed E-state index contributed by atoms with van der Waals surface area (Å²) in [4.78, 5) is 29.0. The quantitative estimate of drug-likeness (QED) is 0.813. The molecule has 5 heteroatoms. The Hall–Kier alpha value is -2.43. The Morgan fingerprint density at radius 1 is 1.32 bits per heavy atom. The van der Waals surface area contributed by atoms with Crippen molar-refractivity contribution < 1.29 is 4.79 Å². The first-order chi connectivity index (χ1) is 9.11. The summed E-state index contributed by atoms with van der Waals surface area (Å²) in [5.74, 6) is -0.202. The molecule has 98 valence electrons. The van der Waals surface area contributed by atoms with E-state index in [9.17, 15) is 9.59 Å². The van der Waals surface area contributed by atoms with Crippen LogP contribution < -0.4 is 11.4 Å². The molecule has 1 aromatic carbocycles. The highest BCUT2D eigenvalue weighted by molar-refractivity contribution is 6.11. The van der Waals surface area contributed by atoms with Crippen molar-refractivity contribution in [2.24, 2.45) is 0 Å². The summed E-state index contributed by atoms with van der Waals surface area (Å²) in [7, 11) is 0. The van der Waals surface area contributed by atoms with Crippen LogP contribution in [-0.2, 0) is 6.42 Å². The number of aryl methyl sites for hydroxylation is 1. The van der Waals surface area contributed by atoms with Crippen LogP contribution in [0.2, 0.25) is 0 Å². The number of hydrogen-bond acceptors (Lipinski definition) is 4. The molecule has 2 rings (SSSR count). The molecule has 1 heterocycles. The smallest absolute Gasteiger partial charge is 0.346 e. The fraction of sp³-hybridized carbons (Fsp3) is 0.214. The van der Waals surface area contributed by atoms with E-state index in [0.717, 1.165) is 12.8 Å². The van der Waals surface area contributed by atoms with E-state index in [-0.39, 0.29) is 17.2 Å². The number of aromatic nitrogens is 2. The average Bonchev–Trinajstić information content (AvgIpc) is 2.39. The number of anilines is 1. The lowest BCUT2D eigenvalue weighted by molar-refractivity contribution is 0.103. The summed E-state index contributed by atoms with van der Waals surface area (Å²) in [6.45, 7) is 2.10.